The van der Waals surface area contributed by atoms with Crippen LogP contribution in [0, 0.1) is 6.92 Å². The summed E-state index contributed by atoms with van der Waals surface area (Å²) in [7, 11) is 5.12. The highest BCUT2D eigenvalue weighted by Gasteiger charge is 2.24. The van der Waals surface area contributed by atoms with E-state index >= 15 is 0 Å². The van der Waals surface area contributed by atoms with Gasteiger partial charge in [-0.3, -0.25) is 14.2 Å². The average molecular weight is 704 g/mol. The Morgan fingerprint density at radius 1 is 0.938 bits per heavy atom. The van der Waals surface area contributed by atoms with Crippen LogP contribution in [0.2, 0.25) is 5.02 Å². The number of aromatic carboxylic acids is 1. The fourth-order valence-electron chi connectivity index (χ4n) is 5.92. The molecule has 0 bridgehead atoms. The molecular formula is C35H34ClN5O5S2. The molecule has 0 saturated carbocycles. The van der Waals surface area contributed by atoms with E-state index in [1.54, 1.807) is 52.4 Å². The topological polar surface area (TPSA) is 124 Å². The molecule has 0 saturated heterocycles. The summed E-state index contributed by atoms with van der Waals surface area (Å²) >= 11 is 10.2. The van der Waals surface area contributed by atoms with E-state index in [0.717, 1.165) is 44.0 Å². The van der Waals surface area contributed by atoms with Gasteiger partial charge < -0.3 is 19.5 Å². The van der Waals surface area contributed by atoms with Gasteiger partial charge >= 0.3 is 11.9 Å². The Hall–Kier alpha value is -4.39. The first-order valence-electron chi connectivity index (χ1n) is 15.1. The number of aromatic hydroxyl groups is 1. The quantitative estimate of drug-likeness (QED) is 0.0980. The molecule has 6 rings (SSSR count). The van der Waals surface area contributed by atoms with Crippen LogP contribution < -0.4 is 0 Å². The lowest BCUT2D eigenvalue weighted by molar-refractivity contribution is -0.140. The molecule has 13 heteroatoms. The van der Waals surface area contributed by atoms with Crippen molar-refractivity contribution >= 4 is 68.7 Å². The molecule has 6 aromatic rings. The zero-order valence-electron chi connectivity index (χ0n) is 26.9. The van der Waals surface area contributed by atoms with Crippen molar-refractivity contribution in [3.05, 3.63) is 94.2 Å². The summed E-state index contributed by atoms with van der Waals surface area (Å²) < 4.78 is 10.1. The Morgan fingerprint density at radius 3 is 2.50 bits per heavy atom. The van der Waals surface area contributed by atoms with Gasteiger partial charge in [-0.15, -0.1) is 23.5 Å². The molecule has 0 aliphatic heterocycles. The maximum Gasteiger partial charge on any atom is 0.352 e. The molecule has 0 fully saturated rings. The number of carbonyl (C=O) groups is 2. The van der Waals surface area contributed by atoms with Crippen LogP contribution in [0.1, 0.15) is 39.7 Å². The Balaban J connectivity index is 1.21. The molecule has 10 nitrogen and oxygen atoms in total. The Labute approximate surface area is 290 Å². The minimum Gasteiger partial charge on any atom is -0.507 e. The number of nitrogens with zero attached hydrogens (tertiary/aromatic N) is 5. The van der Waals surface area contributed by atoms with Crippen LogP contribution in [0.25, 0.3) is 32.8 Å². The fourth-order valence-corrected chi connectivity index (χ4v) is 8.02. The van der Waals surface area contributed by atoms with Gasteiger partial charge in [0.05, 0.1) is 24.9 Å². The number of rotatable bonds is 12. The lowest BCUT2D eigenvalue weighted by Gasteiger charge is -2.11. The third kappa shape index (κ3) is 6.65. The predicted molar refractivity (Wildman–Crippen MR) is 191 cm³/mol. The van der Waals surface area contributed by atoms with Gasteiger partial charge in [0, 0.05) is 86.6 Å². The third-order valence-corrected chi connectivity index (χ3v) is 10.7. The van der Waals surface area contributed by atoms with Crippen molar-refractivity contribution in [1.29, 1.82) is 0 Å². The monoisotopic (exact) mass is 703 g/mol. The standard InChI is InChI=1S/C35H34ClN5O5S2/c1-20-33(34-26-16-30(35(44)45)41(12-11-32(43)46-4)29(26)10-9-27(34)36)28(38-39(20)2)19-47-17-22-14-23(40(3)37-22)18-48-24-13-21-7-5-6-8-25(21)31(42)15-24/h5-10,13-16,42H,11-12,17-19H2,1-4H3,(H,44,45). The minimum atomic E-state index is -1.10. The number of hydrogen-bond donors (Lipinski definition) is 2. The van der Waals surface area contributed by atoms with Crippen LogP contribution in [0.15, 0.2) is 65.6 Å². The average Bonchev–Trinajstić information content (AvgIpc) is 3.71. The van der Waals surface area contributed by atoms with Gasteiger partial charge in [0.1, 0.15) is 11.4 Å². The molecule has 48 heavy (non-hydrogen) atoms. The summed E-state index contributed by atoms with van der Waals surface area (Å²) in [5.41, 5.74) is 6.05. The first kappa shape index (κ1) is 33.5. The van der Waals surface area contributed by atoms with Crippen LogP contribution in [-0.4, -0.2) is 53.4 Å². The zero-order valence-corrected chi connectivity index (χ0v) is 29.2. The van der Waals surface area contributed by atoms with Crippen LogP contribution >= 0.6 is 35.1 Å². The van der Waals surface area contributed by atoms with Crippen LogP contribution in [-0.2, 0) is 47.4 Å². The van der Waals surface area contributed by atoms with E-state index in [4.69, 9.17) is 26.5 Å². The Morgan fingerprint density at radius 2 is 1.73 bits per heavy atom. The number of esters is 1. The highest BCUT2D eigenvalue weighted by atomic mass is 35.5. The second-order valence-electron chi connectivity index (χ2n) is 11.4. The molecule has 3 heterocycles. The van der Waals surface area contributed by atoms with E-state index in [0.29, 0.717) is 38.7 Å². The van der Waals surface area contributed by atoms with Crippen molar-refractivity contribution in [3.63, 3.8) is 0 Å². The SMILES string of the molecule is COC(=O)CCn1c(C(=O)O)cc2c(-c3c(CSCc4cc(CSc5cc(O)c6ccccc6c5)n(C)n4)nn(C)c3C)c(Cl)ccc21. The van der Waals surface area contributed by atoms with Gasteiger partial charge in [-0.2, -0.15) is 10.2 Å². The molecule has 248 valence electrons. The number of phenols is 1. The summed E-state index contributed by atoms with van der Waals surface area (Å²) in [5.74, 6) is 0.701. The number of carbonyl (C=O) groups excluding carboxylic acids is 1. The number of hydrogen-bond acceptors (Lipinski definition) is 8. The molecule has 3 aromatic carbocycles. The fraction of sp³-hybridized carbons (Fsp3) is 0.257. The van der Waals surface area contributed by atoms with Crippen molar-refractivity contribution in [2.75, 3.05) is 7.11 Å². The number of carboxylic acids is 1. The maximum atomic E-state index is 12.2. The zero-order chi connectivity index (χ0) is 34.1. The Kier molecular flexibility index (Phi) is 9.77. The number of fused-ring (bicyclic) bond motifs is 2. The highest BCUT2D eigenvalue weighted by Crippen LogP contribution is 2.41. The van der Waals surface area contributed by atoms with Gasteiger partial charge in [0.15, 0.2) is 0 Å². The van der Waals surface area contributed by atoms with Crippen molar-refractivity contribution in [2.24, 2.45) is 14.1 Å². The number of methoxy groups -OCH3 is 1. The summed E-state index contributed by atoms with van der Waals surface area (Å²) in [5, 5.41) is 33.0. The van der Waals surface area contributed by atoms with Crippen LogP contribution in [0.4, 0.5) is 0 Å². The highest BCUT2D eigenvalue weighted by molar-refractivity contribution is 7.98. The molecule has 0 aliphatic rings. The normalized spacial score (nSPS) is 11.5. The smallest absolute Gasteiger partial charge is 0.352 e. The molecule has 0 aliphatic carbocycles. The number of halogens is 1. The van der Waals surface area contributed by atoms with E-state index in [1.807, 2.05) is 54.6 Å². The number of aryl methyl sites for hydroxylation is 3. The van der Waals surface area contributed by atoms with Gasteiger partial charge in [-0.25, -0.2) is 4.79 Å². The van der Waals surface area contributed by atoms with Crippen molar-refractivity contribution in [3.8, 4) is 16.9 Å². The van der Waals surface area contributed by atoms with Crippen molar-refractivity contribution in [2.45, 2.75) is 42.0 Å². The molecule has 0 unspecified atom stereocenters. The lowest BCUT2D eigenvalue weighted by Crippen LogP contribution is -2.12. The first-order valence-corrected chi connectivity index (χ1v) is 17.7. The molecular weight excluding hydrogens is 670 g/mol. The number of phenolic OH excluding ortho intramolecular Hbond substituents is 1. The van der Waals surface area contributed by atoms with E-state index < -0.39 is 11.9 Å². The second-order valence-corrected chi connectivity index (χ2v) is 13.8. The van der Waals surface area contributed by atoms with E-state index in [2.05, 4.69) is 12.1 Å². The minimum absolute atomic E-state index is 0.0350. The van der Waals surface area contributed by atoms with Gasteiger partial charge in [0.2, 0.25) is 0 Å². The second kappa shape index (κ2) is 14.0. The van der Waals surface area contributed by atoms with Crippen molar-refractivity contribution in [1.82, 2.24) is 24.1 Å². The molecule has 2 N–H and O–H groups in total. The lowest BCUT2D eigenvalue weighted by atomic mass is 9.99. The summed E-state index contributed by atoms with van der Waals surface area (Å²) in [6.07, 6.45) is 0.0350. The first-order chi connectivity index (χ1) is 23.0. The summed E-state index contributed by atoms with van der Waals surface area (Å²) in [6.45, 7) is 2.12. The molecule has 0 radical (unpaired) electrons. The largest absolute Gasteiger partial charge is 0.507 e. The Bertz CT molecular complexity index is 2190. The predicted octanol–water partition coefficient (Wildman–Crippen LogP) is 7.58. The van der Waals surface area contributed by atoms with Crippen LogP contribution in [0.3, 0.4) is 0 Å². The number of carboxylic acid groups (broad SMARTS) is 1. The number of ether oxygens (including phenoxy) is 1. The van der Waals surface area contributed by atoms with Gasteiger partial charge in [-0.1, -0.05) is 35.9 Å². The molecule has 3 aromatic heterocycles. The van der Waals surface area contributed by atoms with Crippen LogP contribution in [0.5, 0.6) is 5.75 Å². The molecule has 0 atom stereocenters. The van der Waals surface area contributed by atoms with Gasteiger partial charge in [0.25, 0.3) is 0 Å². The van der Waals surface area contributed by atoms with Gasteiger partial charge in [-0.05, 0) is 48.7 Å². The molecule has 0 spiro atoms. The summed E-state index contributed by atoms with van der Waals surface area (Å²) in [6, 6.07) is 19.0. The van der Waals surface area contributed by atoms with E-state index in [1.165, 1.54) is 7.11 Å². The third-order valence-electron chi connectivity index (χ3n) is 8.39. The number of benzene rings is 3. The number of aromatic nitrogens is 5. The molecule has 0 amide bonds. The van der Waals surface area contributed by atoms with Crippen molar-refractivity contribution < 1.29 is 24.5 Å². The number of thioether (sulfide) groups is 2. The van der Waals surface area contributed by atoms with E-state index in [-0.39, 0.29) is 24.4 Å². The summed E-state index contributed by atoms with van der Waals surface area (Å²) in [4.78, 5) is 25.1. The van der Waals surface area contributed by atoms with E-state index in [9.17, 15) is 19.8 Å². The maximum absolute atomic E-state index is 12.2.